The average Bonchev–Trinajstić information content (AvgIpc) is 2.50. The minimum Gasteiger partial charge on any atom is -0.326 e. The Morgan fingerprint density at radius 2 is 1.68 bits per heavy atom. The quantitative estimate of drug-likeness (QED) is 0.739. The highest BCUT2D eigenvalue weighted by molar-refractivity contribution is 7.99. The highest BCUT2D eigenvalue weighted by Crippen LogP contribution is 2.20. The lowest BCUT2D eigenvalue weighted by atomic mass is 10.0. The van der Waals surface area contributed by atoms with Gasteiger partial charge in [-0.05, 0) is 42.7 Å². The van der Waals surface area contributed by atoms with Crippen LogP contribution in [0.25, 0.3) is 0 Å². The summed E-state index contributed by atoms with van der Waals surface area (Å²) in [6.45, 7) is 6.40. The number of thioether (sulfide) groups is 1. The van der Waals surface area contributed by atoms with E-state index < -0.39 is 0 Å². The second kappa shape index (κ2) is 8.04. The Bertz CT molecular complexity index is 602. The summed E-state index contributed by atoms with van der Waals surface area (Å²) in [6, 6.07) is 16.5. The molecule has 0 radical (unpaired) electrons. The monoisotopic (exact) mass is 313 g/mol. The minimum atomic E-state index is 0.0666. The largest absolute Gasteiger partial charge is 0.326 e. The molecule has 0 aliphatic heterocycles. The lowest BCUT2D eigenvalue weighted by Gasteiger charge is -2.08. The maximum atomic E-state index is 12.0. The first-order chi connectivity index (χ1) is 10.5. The fraction of sp³-hybridized carbons (Fsp3) is 0.316. The van der Waals surface area contributed by atoms with Gasteiger partial charge in [0.1, 0.15) is 0 Å². The zero-order valence-electron chi connectivity index (χ0n) is 13.4. The number of benzene rings is 2. The van der Waals surface area contributed by atoms with Crippen LogP contribution in [0.15, 0.2) is 53.4 Å². The van der Waals surface area contributed by atoms with Crippen molar-refractivity contribution in [1.82, 2.24) is 0 Å². The van der Waals surface area contributed by atoms with Crippen molar-refractivity contribution in [2.24, 2.45) is 0 Å². The molecule has 0 unspecified atom stereocenters. The molecule has 0 aliphatic rings. The number of amides is 1. The maximum absolute atomic E-state index is 12.0. The molecule has 0 saturated heterocycles. The number of rotatable bonds is 6. The minimum absolute atomic E-state index is 0.0666. The van der Waals surface area contributed by atoms with E-state index in [0.717, 1.165) is 11.4 Å². The third-order valence-corrected chi connectivity index (χ3v) is 4.49. The Balaban J connectivity index is 1.76. The fourth-order valence-electron chi connectivity index (χ4n) is 2.07. The third kappa shape index (κ3) is 5.23. The van der Waals surface area contributed by atoms with Crippen LogP contribution in [-0.4, -0.2) is 11.7 Å². The second-order valence-electron chi connectivity index (χ2n) is 5.74. The second-order valence-corrected chi connectivity index (χ2v) is 6.90. The Hall–Kier alpha value is -1.74. The number of hydrogen-bond donors (Lipinski definition) is 1. The van der Waals surface area contributed by atoms with Gasteiger partial charge in [-0.2, -0.15) is 0 Å². The van der Waals surface area contributed by atoms with Crippen LogP contribution in [0.5, 0.6) is 0 Å². The van der Waals surface area contributed by atoms with Crippen LogP contribution in [0.4, 0.5) is 5.69 Å². The van der Waals surface area contributed by atoms with Crippen molar-refractivity contribution in [3.8, 4) is 0 Å². The van der Waals surface area contributed by atoms with Gasteiger partial charge >= 0.3 is 0 Å². The van der Waals surface area contributed by atoms with Gasteiger partial charge in [-0.3, -0.25) is 4.79 Å². The first-order valence-electron chi connectivity index (χ1n) is 7.64. The molecule has 0 heterocycles. The van der Waals surface area contributed by atoms with E-state index in [-0.39, 0.29) is 5.91 Å². The van der Waals surface area contributed by atoms with Crippen LogP contribution in [0.1, 0.15) is 37.3 Å². The molecule has 1 amide bonds. The first kappa shape index (κ1) is 16.6. The normalized spacial score (nSPS) is 10.7. The molecule has 116 valence electrons. The molecule has 0 fully saturated rings. The molecule has 0 saturated carbocycles. The van der Waals surface area contributed by atoms with E-state index in [1.165, 1.54) is 16.0 Å². The molecule has 0 bridgehead atoms. The van der Waals surface area contributed by atoms with Crippen LogP contribution in [0.3, 0.4) is 0 Å². The summed E-state index contributed by atoms with van der Waals surface area (Å²) in [5, 5.41) is 2.95. The summed E-state index contributed by atoms with van der Waals surface area (Å²) in [5.41, 5.74) is 3.41. The van der Waals surface area contributed by atoms with Crippen molar-refractivity contribution in [3.63, 3.8) is 0 Å². The van der Waals surface area contributed by atoms with E-state index in [1.54, 1.807) is 11.8 Å². The highest BCUT2D eigenvalue weighted by atomic mass is 32.2. The van der Waals surface area contributed by atoms with Gasteiger partial charge in [-0.15, -0.1) is 11.8 Å². The third-order valence-electron chi connectivity index (χ3n) is 3.48. The Morgan fingerprint density at radius 3 is 2.27 bits per heavy atom. The summed E-state index contributed by atoms with van der Waals surface area (Å²) >= 11 is 1.71. The smallest absolute Gasteiger partial charge is 0.225 e. The number of hydrogen-bond acceptors (Lipinski definition) is 2. The number of anilines is 1. The first-order valence-corrected chi connectivity index (χ1v) is 8.62. The van der Waals surface area contributed by atoms with Gasteiger partial charge in [0.2, 0.25) is 5.91 Å². The van der Waals surface area contributed by atoms with Crippen molar-refractivity contribution in [2.45, 2.75) is 38.0 Å². The lowest BCUT2D eigenvalue weighted by molar-refractivity contribution is -0.115. The Kier molecular flexibility index (Phi) is 6.08. The highest BCUT2D eigenvalue weighted by Gasteiger charge is 2.04. The van der Waals surface area contributed by atoms with Crippen molar-refractivity contribution in [2.75, 3.05) is 11.1 Å². The molecule has 2 rings (SSSR count). The van der Waals surface area contributed by atoms with Crippen molar-refractivity contribution in [3.05, 3.63) is 59.7 Å². The van der Waals surface area contributed by atoms with E-state index in [0.29, 0.717) is 12.3 Å². The van der Waals surface area contributed by atoms with E-state index in [4.69, 9.17) is 0 Å². The molecule has 2 nitrogen and oxygen atoms in total. The van der Waals surface area contributed by atoms with Gasteiger partial charge in [0.25, 0.3) is 0 Å². The molecule has 2 aromatic rings. The molecular formula is C19H23NOS. The predicted octanol–water partition coefficient (Wildman–Crippen LogP) is 5.24. The Morgan fingerprint density at radius 1 is 1.05 bits per heavy atom. The zero-order chi connectivity index (χ0) is 15.9. The topological polar surface area (TPSA) is 29.1 Å². The summed E-state index contributed by atoms with van der Waals surface area (Å²) in [7, 11) is 0. The molecule has 0 spiro atoms. The van der Waals surface area contributed by atoms with E-state index >= 15 is 0 Å². The number of aryl methyl sites for hydroxylation is 1. The van der Waals surface area contributed by atoms with Crippen LogP contribution in [0, 0.1) is 6.92 Å². The van der Waals surface area contributed by atoms with Gasteiger partial charge in [0.05, 0.1) is 0 Å². The fourth-order valence-corrected chi connectivity index (χ4v) is 2.92. The zero-order valence-corrected chi connectivity index (χ0v) is 14.2. The van der Waals surface area contributed by atoms with Gasteiger partial charge in [0, 0.05) is 22.8 Å². The molecule has 0 aromatic heterocycles. The standard InChI is InChI=1S/C19H23NOS/c1-14(2)16-6-8-17(9-7-16)20-19(21)12-13-22-18-10-4-15(3)5-11-18/h4-11,14H,12-13H2,1-3H3,(H,20,21). The average molecular weight is 313 g/mol. The van der Waals surface area contributed by atoms with Crippen molar-refractivity contribution < 1.29 is 4.79 Å². The van der Waals surface area contributed by atoms with Gasteiger partial charge < -0.3 is 5.32 Å². The van der Waals surface area contributed by atoms with E-state index in [2.05, 4.69) is 62.5 Å². The van der Waals surface area contributed by atoms with Crippen molar-refractivity contribution in [1.29, 1.82) is 0 Å². The molecule has 3 heteroatoms. The number of carbonyl (C=O) groups is 1. The molecule has 22 heavy (non-hydrogen) atoms. The van der Waals surface area contributed by atoms with Gasteiger partial charge in [-0.25, -0.2) is 0 Å². The summed E-state index contributed by atoms with van der Waals surface area (Å²) in [4.78, 5) is 13.2. The summed E-state index contributed by atoms with van der Waals surface area (Å²) < 4.78 is 0. The van der Waals surface area contributed by atoms with Gasteiger partial charge in [0.15, 0.2) is 0 Å². The summed E-state index contributed by atoms with van der Waals surface area (Å²) in [5.74, 6) is 1.37. The number of nitrogens with one attached hydrogen (secondary N) is 1. The van der Waals surface area contributed by atoms with Crippen molar-refractivity contribution >= 4 is 23.4 Å². The van der Waals surface area contributed by atoms with E-state index in [1.807, 2.05) is 12.1 Å². The van der Waals surface area contributed by atoms with Crippen LogP contribution < -0.4 is 5.32 Å². The predicted molar refractivity (Wildman–Crippen MR) is 95.7 cm³/mol. The van der Waals surface area contributed by atoms with Crippen LogP contribution in [0.2, 0.25) is 0 Å². The maximum Gasteiger partial charge on any atom is 0.225 e. The SMILES string of the molecule is Cc1ccc(SCCC(=O)Nc2ccc(C(C)C)cc2)cc1. The van der Waals surface area contributed by atoms with Gasteiger partial charge in [-0.1, -0.05) is 43.7 Å². The molecule has 0 aliphatic carbocycles. The van der Waals surface area contributed by atoms with Crippen LogP contribution >= 0.6 is 11.8 Å². The molecular weight excluding hydrogens is 290 g/mol. The molecule has 0 atom stereocenters. The molecule has 2 aromatic carbocycles. The molecule has 1 N–H and O–H groups in total. The Labute approximate surface area is 137 Å². The van der Waals surface area contributed by atoms with Crippen LogP contribution in [-0.2, 0) is 4.79 Å². The lowest BCUT2D eigenvalue weighted by Crippen LogP contribution is -2.12. The number of carbonyl (C=O) groups excluding carboxylic acids is 1. The summed E-state index contributed by atoms with van der Waals surface area (Å²) in [6.07, 6.45) is 0.518. The van der Waals surface area contributed by atoms with E-state index in [9.17, 15) is 4.79 Å².